The number of carbonyl (C=O) groups is 2. The van der Waals surface area contributed by atoms with E-state index in [-0.39, 0.29) is 18.0 Å². The lowest BCUT2D eigenvalue weighted by molar-refractivity contribution is -0.116. The highest BCUT2D eigenvalue weighted by Gasteiger charge is 2.11. The van der Waals surface area contributed by atoms with Crippen molar-refractivity contribution in [3.63, 3.8) is 0 Å². The van der Waals surface area contributed by atoms with E-state index in [4.69, 9.17) is 28.3 Å². The van der Waals surface area contributed by atoms with E-state index in [0.29, 0.717) is 22.4 Å². The minimum atomic E-state index is -1.10. The Morgan fingerprint density at radius 2 is 1.88 bits per heavy atom. The summed E-state index contributed by atoms with van der Waals surface area (Å²) in [5.74, 6) is -1.14. The molecular formula is C16H13Cl2N5O3. The summed E-state index contributed by atoms with van der Waals surface area (Å²) in [6, 6.07) is 6.87. The van der Waals surface area contributed by atoms with Crippen molar-refractivity contribution >= 4 is 40.9 Å². The van der Waals surface area contributed by atoms with Crippen molar-refractivity contribution in [2.45, 2.75) is 13.1 Å². The fraction of sp³-hybridized carbons (Fsp3) is 0.125. The molecule has 1 amide bonds. The number of aromatic nitrogens is 4. The van der Waals surface area contributed by atoms with E-state index in [1.54, 1.807) is 35.1 Å². The first-order valence-corrected chi connectivity index (χ1v) is 8.20. The topological polar surface area (TPSA) is 102 Å². The molecule has 0 spiro atoms. The Kier molecular flexibility index (Phi) is 5.24. The van der Waals surface area contributed by atoms with Gasteiger partial charge in [0.05, 0.1) is 18.3 Å². The van der Waals surface area contributed by atoms with Crippen molar-refractivity contribution in [3.05, 3.63) is 64.0 Å². The molecule has 2 aromatic heterocycles. The van der Waals surface area contributed by atoms with Gasteiger partial charge in [0.1, 0.15) is 6.54 Å². The quantitative estimate of drug-likeness (QED) is 0.670. The third-order valence-corrected chi connectivity index (χ3v) is 4.18. The molecule has 0 radical (unpaired) electrons. The molecule has 0 aliphatic rings. The van der Waals surface area contributed by atoms with Gasteiger partial charge in [-0.25, -0.2) is 4.79 Å². The molecule has 0 saturated heterocycles. The summed E-state index contributed by atoms with van der Waals surface area (Å²) in [7, 11) is 0. The van der Waals surface area contributed by atoms with Crippen LogP contribution in [0.3, 0.4) is 0 Å². The zero-order valence-electron chi connectivity index (χ0n) is 13.3. The van der Waals surface area contributed by atoms with Crippen molar-refractivity contribution in [1.82, 2.24) is 19.6 Å². The molecule has 0 saturated carbocycles. The summed E-state index contributed by atoms with van der Waals surface area (Å²) in [5, 5.41) is 20.6. The van der Waals surface area contributed by atoms with E-state index in [9.17, 15) is 9.59 Å². The lowest BCUT2D eigenvalue weighted by Crippen LogP contribution is -2.19. The molecule has 1 aromatic carbocycles. The number of halogens is 2. The molecule has 2 N–H and O–H groups in total. The number of carboxylic acids is 1. The Balaban J connectivity index is 1.62. The lowest BCUT2D eigenvalue weighted by atomic mass is 10.2. The number of anilines is 1. The minimum Gasteiger partial charge on any atom is -0.478 e. The van der Waals surface area contributed by atoms with Crippen molar-refractivity contribution in [2.75, 3.05) is 5.32 Å². The molecule has 0 bridgehead atoms. The van der Waals surface area contributed by atoms with E-state index in [1.165, 1.54) is 17.1 Å². The van der Waals surface area contributed by atoms with Gasteiger partial charge in [-0.2, -0.15) is 10.2 Å². The second-order valence-corrected chi connectivity index (χ2v) is 6.19. The van der Waals surface area contributed by atoms with Crippen LogP contribution in [0.4, 0.5) is 5.82 Å². The molecule has 0 unspecified atom stereocenters. The molecule has 3 rings (SSSR count). The van der Waals surface area contributed by atoms with Gasteiger partial charge in [0.25, 0.3) is 0 Å². The molecular weight excluding hydrogens is 381 g/mol. The second kappa shape index (κ2) is 7.59. The van der Waals surface area contributed by atoms with Crippen LogP contribution in [-0.4, -0.2) is 36.5 Å². The van der Waals surface area contributed by atoms with Crippen LogP contribution in [0.5, 0.6) is 0 Å². The first-order chi connectivity index (χ1) is 12.4. The van der Waals surface area contributed by atoms with Crippen molar-refractivity contribution in [1.29, 1.82) is 0 Å². The average Bonchev–Trinajstić information content (AvgIpc) is 3.21. The van der Waals surface area contributed by atoms with Gasteiger partial charge in [-0.05, 0) is 12.1 Å². The molecule has 0 fully saturated rings. The number of carboxylic acid groups (broad SMARTS) is 1. The largest absolute Gasteiger partial charge is 0.478 e. The smallest absolute Gasteiger partial charge is 0.338 e. The predicted molar refractivity (Wildman–Crippen MR) is 95.6 cm³/mol. The number of carbonyl (C=O) groups excluding carboxylic acids is 1. The zero-order chi connectivity index (χ0) is 18.7. The van der Waals surface area contributed by atoms with Gasteiger partial charge in [0.15, 0.2) is 5.82 Å². The van der Waals surface area contributed by atoms with Crippen LogP contribution >= 0.6 is 23.2 Å². The van der Waals surface area contributed by atoms with Gasteiger partial charge in [-0.3, -0.25) is 14.2 Å². The highest BCUT2D eigenvalue weighted by molar-refractivity contribution is 6.35. The molecule has 0 aliphatic carbocycles. The normalized spacial score (nSPS) is 10.7. The van der Waals surface area contributed by atoms with Crippen molar-refractivity contribution < 1.29 is 14.7 Å². The highest BCUT2D eigenvalue weighted by atomic mass is 35.5. The van der Waals surface area contributed by atoms with Gasteiger partial charge in [-0.15, -0.1) is 0 Å². The molecule has 3 aromatic rings. The maximum Gasteiger partial charge on any atom is 0.338 e. The maximum atomic E-state index is 12.0. The molecule has 8 nitrogen and oxygen atoms in total. The van der Waals surface area contributed by atoms with Crippen LogP contribution < -0.4 is 5.32 Å². The summed E-state index contributed by atoms with van der Waals surface area (Å²) >= 11 is 12.3. The first kappa shape index (κ1) is 18.0. The number of aromatic carboxylic acids is 1. The fourth-order valence-corrected chi connectivity index (χ4v) is 2.77. The number of hydrogen-bond acceptors (Lipinski definition) is 4. The van der Waals surface area contributed by atoms with E-state index >= 15 is 0 Å². The van der Waals surface area contributed by atoms with Gasteiger partial charge < -0.3 is 10.4 Å². The number of nitrogens with one attached hydrogen (secondary N) is 1. The Morgan fingerprint density at radius 1 is 1.15 bits per heavy atom. The second-order valence-electron chi connectivity index (χ2n) is 5.38. The number of nitrogens with zero attached hydrogens (tertiary/aromatic N) is 4. The van der Waals surface area contributed by atoms with Crippen molar-refractivity contribution in [2.24, 2.45) is 0 Å². The predicted octanol–water partition coefficient (Wildman–Crippen LogP) is 2.77. The average molecular weight is 394 g/mol. The zero-order valence-corrected chi connectivity index (χ0v) is 14.8. The molecule has 10 heteroatoms. The van der Waals surface area contributed by atoms with Gasteiger partial charge >= 0.3 is 5.97 Å². The maximum absolute atomic E-state index is 12.0. The third-order valence-electron chi connectivity index (χ3n) is 3.48. The summed E-state index contributed by atoms with van der Waals surface area (Å²) < 4.78 is 2.83. The van der Waals surface area contributed by atoms with E-state index in [0.717, 1.165) is 5.56 Å². The molecule has 134 valence electrons. The fourth-order valence-electron chi connectivity index (χ4n) is 2.25. The Bertz CT molecular complexity index is 946. The van der Waals surface area contributed by atoms with E-state index < -0.39 is 5.97 Å². The van der Waals surface area contributed by atoms with Crippen LogP contribution in [0, 0.1) is 0 Å². The van der Waals surface area contributed by atoms with Gasteiger partial charge in [-0.1, -0.05) is 29.3 Å². The van der Waals surface area contributed by atoms with Crippen LogP contribution in [0.2, 0.25) is 10.0 Å². The Hall–Kier alpha value is -2.84. The van der Waals surface area contributed by atoms with Crippen LogP contribution in [0.1, 0.15) is 15.9 Å². The number of benzene rings is 1. The summed E-state index contributed by atoms with van der Waals surface area (Å²) in [6.07, 6.45) is 4.14. The SMILES string of the molecule is O=C(Cn1cc(C(=O)O)cn1)Nc1ccn(Cc2c(Cl)cccc2Cl)n1. The van der Waals surface area contributed by atoms with E-state index in [1.807, 2.05) is 0 Å². The minimum absolute atomic E-state index is 0.0127. The van der Waals surface area contributed by atoms with Gasteiger partial charge in [0.2, 0.25) is 5.91 Å². The Labute approximate surface area is 157 Å². The summed E-state index contributed by atoms with van der Waals surface area (Å²) in [6.45, 7) is 0.228. The molecule has 0 atom stereocenters. The van der Waals surface area contributed by atoms with Crippen LogP contribution in [0.25, 0.3) is 0 Å². The molecule has 0 aliphatic heterocycles. The van der Waals surface area contributed by atoms with Crippen molar-refractivity contribution in [3.8, 4) is 0 Å². The first-order valence-electron chi connectivity index (χ1n) is 7.44. The van der Waals surface area contributed by atoms with E-state index in [2.05, 4.69) is 15.5 Å². The van der Waals surface area contributed by atoms with Crippen LogP contribution in [0.15, 0.2) is 42.9 Å². The summed E-state index contributed by atoms with van der Waals surface area (Å²) in [5.41, 5.74) is 0.744. The molecule has 26 heavy (non-hydrogen) atoms. The number of amides is 1. The standard InChI is InChI=1S/C16H13Cl2N5O3/c17-12-2-1-3-13(18)11(12)8-22-5-4-14(21-22)20-15(24)9-23-7-10(6-19-23)16(25)26/h1-7H,8-9H2,(H,25,26)(H,20,21,24). The number of hydrogen-bond donors (Lipinski definition) is 2. The monoisotopic (exact) mass is 393 g/mol. The lowest BCUT2D eigenvalue weighted by Gasteiger charge is -2.07. The summed E-state index contributed by atoms with van der Waals surface area (Å²) in [4.78, 5) is 22.8. The third kappa shape index (κ3) is 4.22. The Morgan fingerprint density at radius 3 is 2.54 bits per heavy atom. The number of rotatable bonds is 6. The molecule has 2 heterocycles. The highest BCUT2D eigenvalue weighted by Crippen LogP contribution is 2.25. The van der Waals surface area contributed by atoms with Crippen LogP contribution in [-0.2, 0) is 17.9 Å². The van der Waals surface area contributed by atoms with Gasteiger partial charge in [0, 0.05) is 34.1 Å².